The number of carbonyl (C=O) groups excluding carboxylic acids is 1. The monoisotopic (exact) mass is 537 g/mol. The van der Waals surface area contributed by atoms with Crippen LogP contribution in [0.15, 0.2) is 18.3 Å². The third-order valence-electron chi connectivity index (χ3n) is 6.60. The molecule has 11 nitrogen and oxygen atoms in total. The number of fused-ring (bicyclic) bond motifs is 1. The smallest absolute Gasteiger partial charge is 0.238 e. The number of halogens is 1. The SMILES string of the molecule is CCN1CC(=O)Nc2cc(Nc3ncc(Cl)c(N[C@@H]4CCCC[C@@H]4CNS(=O)O)n3)c(OC)cc2C1. The zero-order valence-corrected chi connectivity index (χ0v) is 21.9. The van der Waals surface area contributed by atoms with Crippen LogP contribution in [-0.2, 0) is 22.6 Å². The molecule has 5 N–H and O–H groups in total. The van der Waals surface area contributed by atoms with Gasteiger partial charge in [-0.1, -0.05) is 31.4 Å². The summed E-state index contributed by atoms with van der Waals surface area (Å²) in [6.45, 7) is 4.17. The van der Waals surface area contributed by atoms with Gasteiger partial charge >= 0.3 is 0 Å². The predicted octanol–water partition coefficient (Wildman–Crippen LogP) is 3.35. The van der Waals surface area contributed by atoms with Crippen molar-refractivity contribution in [2.75, 3.05) is 42.7 Å². The number of aromatic nitrogens is 2. The Hall–Kier alpha value is -2.51. The van der Waals surface area contributed by atoms with Crippen molar-refractivity contribution in [3.8, 4) is 5.75 Å². The number of hydrogen-bond acceptors (Lipinski definition) is 8. The van der Waals surface area contributed by atoms with Gasteiger partial charge in [0.15, 0.2) is 5.82 Å². The number of amides is 1. The largest absolute Gasteiger partial charge is 0.495 e. The molecule has 36 heavy (non-hydrogen) atoms. The highest BCUT2D eigenvalue weighted by Crippen LogP contribution is 2.35. The molecule has 1 saturated carbocycles. The molecule has 1 aliphatic heterocycles. The van der Waals surface area contributed by atoms with Crippen molar-refractivity contribution in [3.63, 3.8) is 0 Å². The first-order valence-corrected chi connectivity index (χ1v) is 13.5. The number of anilines is 4. The number of nitrogens with one attached hydrogen (secondary N) is 4. The molecule has 1 aromatic heterocycles. The summed E-state index contributed by atoms with van der Waals surface area (Å²) in [5.74, 6) is 1.49. The van der Waals surface area contributed by atoms with Gasteiger partial charge in [0, 0.05) is 24.8 Å². The van der Waals surface area contributed by atoms with Crippen molar-refractivity contribution in [1.29, 1.82) is 0 Å². The number of rotatable bonds is 9. The minimum Gasteiger partial charge on any atom is -0.495 e. The van der Waals surface area contributed by atoms with Gasteiger partial charge in [-0.2, -0.15) is 4.98 Å². The maximum Gasteiger partial charge on any atom is 0.238 e. The highest BCUT2D eigenvalue weighted by Gasteiger charge is 2.27. The normalized spacial score (nSPS) is 21.2. The second-order valence-electron chi connectivity index (χ2n) is 8.97. The van der Waals surface area contributed by atoms with Crippen LogP contribution in [0, 0.1) is 5.92 Å². The Morgan fingerprint density at radius 3 is 2.86 bits per heavy atom. The predicted molar refractivity (Wildman–Crippen MR) is 141 cm³/mol. The van der Waals surface area contributed by atoms with E-state index in [-0.39, 0.29) is 17.9 Å². The van der Waals surface area contributed by atoms with Crippen molar-refractivity contribution in [2.24, 2.45) is 5.92 Å². The van der Waals surface area contributed by atoms with E-state index in [0.717, 1.165) is 37.8 Å². The second-order valence-corrected chi connectivity index (χ2v) is 10.2. The molecule has 2 aliphatic rings. The van der Waals surface area contributed by atoms with Crippen molar-refractivity contribution >= 4 is 51.9 Å². The lowest BCUT2D eigenvalue weighted by molar-refractivity contribution is -0.117. The molecule has 0 bridgehead atoms. The molecule has 3 atom stereocenters. The number of ether oxygens (including phenoxy) is 1. The molecule has 2 heterocycles. The molecule has 196 valence electrons. The summed E-state index contributed by atoms with van der Waals surface area (Å²) in [6.07, 6.45) is 5.48. The maximum absolute atomic E-state index is 12.3. The van der Waals surface area contributed by atoms with Gasteiger partial charge in [0.2, 0.25) is 23.1 Å². The Morgan fingerprint density at radius 2 is 2.11 bits per heavy atom. The van der Waals surface area contributed by atoms with E-state index in [1.165, 1.54) is 6.20 Å². The lowest BCUT2D eigenvalue weighted by Gasteiger charge is -2.32. The molecular weight excluding hydrogens is 506 g/mol. The van der Waals surface area contributed by atoms with E-state index in [1.807, 2.05) is 19.1 Å². The molecule has 0 spiro atoms. The van der Waals surface area contributed by atoms with E-state index in [1.54, 1.807) is 7.11 Å². The number of carbonyl (C=O) groups is 1. The van der Waals surface area contributed by atoms with Crippen molar-refractivity contribution in [3.05, 3.63) is 28.9 Å². The Bertz CT molecular complexity index is 1120. The first kappa shape index (κ1) is 26.6. The van der Waals surface area contributed by atoms with Gasteiger partial charge in [0.05, 0.1) is 25.5 Å². The highest BCUT2D eigenvalue weighted by molar-refractivity contribution is 7.77. The first-order valence-electron chi connectivity index (χ1n) is 12.0. The van der Waals surface area contributed by atoms with Crippen LogP contribution in [0.25, 0.3) is 0 Å². The topological polar surface area (TPSA) is 141 Å². The van der Waals surface area contributed by atoms with E-state index < -0.39 is 11.3 Å². The number of benzene rings is 1. The van der Waals surface area contributed by atoms with Gasteiger partial charge in [-0.3, -0.25) is 14.2 Å². The minimum atomic E-state index is -2.05. The van der Waals surface area contributed by atoms with Crippen LogP contribution in [-0.4, -0.2) is 62.3 Å². The summed E-state index contributed by atoms with van der Waals surface area (Å²) in [6, 6.07) is 3.79. The van der Waals surface area contributed by atoms with Gasteiger partial charge in [-0.15, -0.1) is 0 Å². The zero-order valence-electron chi connectivity index (χ0n) is 20.3. The third-order valence-corrected chi connectivity index (χ3v) is 7.29. The molecule has 1 aromatic carbocycles. The highest BCUT2D eigenvalue weighted by atomic mass is 35.5. The summed E-state index contributed by atoms with van der Waals surface area (Å²) in [5.41, 5.74) is 2.29. The molecule has 0 radical (unpaired) electrons. The van der Waals surface area contributed by atoms with Crippen molar-refractivity contribution in [2.45, 2.75) is 45.2 Å². The van der Waals surface area contributed by atoms with Gasteiger partial charge in [-0.05, 0) is 43.0 Å². The second kappa shape index (κ2) is 12.2. The fraction of sp³-hybridized carbons (Fsp3) is 0.522. The summed E-state index contributed by atoms with van der Waals surface area (Å²) in [7, 11) is 1.59. The maximum atomic E-state index is 12.3. The van der Waals surface area contributed by atoms with Crippen LogP contribution < -0.4 is 25.4 Å². The Balaban J connectivity index is 1.55. The van der Waals surface area contributed by atoms with E-state index in [2.05, 4.69) is 35.5 Å². The quantitative estimate of drug-likeness (QED) is 0.304. The van der Waals surface area contributed by atoms with Crippen LogP contribution >= 0.6 is 11.6 Å². The molecule has 1 aliphatic carbocycles. The van der Waals surface area contributed by atoms with Gasteiger partial charge < -0.3 is 20.7 Å². The molecule has 1 fully saturated rings. The van der Waals surface area contributed by atoms with Crippen LogP contribution in [0.4, 0.5) is 23.1 Å². The number of nitrogens with zero attached hydrogens (tertiary/aromatic N) is 3. The van der Waals surface area contributed by atoms with Gasteiger partial charge in [0.25, 0.3) is 0 Å². The molecule has 4 rings (SSSR count). The van der Waals surface area contributed by atoms with E-state index >= 15 is 0 Å². The summed E-state index contributed by atoms with van der Waals surface area (Å²) in [4.78, 5) is 23.3. The summed E-state index contributed by atoms with van der Waals surface area (Å²) < 4.78 is 28.4. The van der Waals surface area contributed by atoms with Gasteiger partial charge in [0.1, 0.15) is 10.8 Å². The molecule has 0 saturated heterocycles. The Morgan fingerprint density at radius 1 is 1.31 bits per heavy atom. The summed E-state index contributed by atoms with van der Waals surface area (Å²) >= 11 is 4.36. The Labute approximate surface area is 218 Å². The zero-order chi connectivity index (χ0) is 25.7. The molecule has 1 amide bonds. The van der Waals surface area contributed by atoms with E-state index in [4.69, 9.17) is 20.9 Å². The average molecular weight is 538 g/mol. The van der Waals surface area contributed by atoms with Crippen LogP contribution in [0.2, 0.25) is 5.02 Å². The fourth-order valence-corrected chi connectivity index (χ4v) is 5.20. The van der Waals surface area contributed by atoms with Crippen LogP contribution in [0.1, 0.15) is 38.2 Å². The Kier molecular flexibility index (Phi) is 8.96. The van der Waals surface area contributed by atoms with Crippen molar-refractivity contribution < 1.29 is 18.3 Å². The lowest BCUT2D eigenvalue weighted by atomic mass is 9.84. The molecule has 1 unspecified atom stereocenters. The average Bonchev–Trinajstić information content (AvgIpc) is 3.02. The standard InChI is InChI=1S/C23H32ClN7O4S/c1-3-31-12-15-8-20(35-2)19(9-18(15)27-21(32)13-31)29-23-25-11-16(24)22(30-23)28-17-7-5-4-6-14(17)10-26-36(33)34/h8-9,11,14,17,26H,3-7,10,12-13H2,1-2H3,(H,27,32)(H,33,34)(H2,25,28,29,30)/t14-,17-/m1/s1. The molecular formula is C23H32ClN7O4S. The number of hydrogen-bond donors (Lipinski definition) is 5. The number of likely N-dealkylation sites (N-methyl/N-ethyl adjacent to an activating group) is 1. The van der Waals surface area contributed by atoms with Crippen LogP contribution in [0.5, 0.6) is 5.75 Å². The van der Waals surface area contributed by atoms with Gasteiger partial charge in [-0.25, -0.2) is 13.9 Å². The fourth-order valence-electron chi connectivity index (χ4n) is 4.69. The van der Waals surface area contributed by atoms with Crippen molar-refractivity contribution in [1.82, 2.24) is 19.6 Å². The first-order chi connectivity index (χ1) is 17.4. The molecule has 13 heteroatoms. The van der Waals surface area contributed by atoms with Crippen LogP contribution in [0.3, 0.4) is 0 Å². The summed E-state index contributed by atoms with van der Waals surface area (Å²) in [5, 5.41) is 9.96. The van der Waals surface area contributed by atoms with E-state index in [9.17, 15) is 9.00 Å². The lowest BCUT2D eigenvalue weighted by Crippen LogP contribution is -2.39. The third kappa shape index (κ3) is 6.62. The van der Waals surface area contributed by atoms with E-state index in [0.29, 0.717) is 53.5 Å². The minimum absolute atomic E-state index is 0.0498. The molecule has 2 aromatic rings. The number of methoxy groups -OCH3 is 1.